The highest BCUT2D eigenvalue weighted by molar-refractivity contribution is 6.21. The molecule has 0 saturated heterocycles. The van der Waals surface area contributed by atoms with Crippen molar-refractivity contribution in [3.8, 4) is 0 Å². The van der Waals surface area contributed by atoms with E-state index in [0.717, 1.165) is 54.2 Å². The van der Waals surface area contributed by atoms with Gasteiger partial charge in [0, 0.05) is 12.2 Å². The molecule has 0 radical (unpaired) electrons. The summed E-state index contributed by atoms with van der Waals surface area (Å²) in [6.07, 6.45) is 6.08. The number of hydrogen-bond donors (Lipinski definition) is 4. The van der Waals surface area contributed by atoms with Crippen molar-refractivity contribution in [3.05, 3.63) is 102 Å². The third-order valence-electron chi connectivity index (χ3n) is 8.11. The molecule has 0 aromatic heterocycles. The molecule has 0 spiro atoms. The highest BCUT2D eigenvalue weighted by Gasteiger charge is 2.42. The van der Waals surface area contributed by atoms with Gasteiger partial charge in [-0.15, -0.1) is 0 Å². The molecule has 240 valence electrons. The monoisotopic (exact) mass is 624 g/mol. The fourth-order valence-electron chi connectivity index (χ4n) is 5.69. The number of nitrogens with zero attached hydrogens (tertiary/aromatic N) is 2. The SMILES string of the molecule is N=C(NCCC[C@@H](NC(=O)N(Cc1ccccc1)N1C(=O)c2ccccc2C1=O)C(=O)OC1CCCCCC1)Nc1ccccc1. The molecule has 2 aliphatic rings. The van der Waals surface area contributed by atoms with Crippen LogP contribution in [0.25, 0.3) is 0 Å². The summed E-state index contributed by atoms with van der Waals surface area (Å²) in [6, 6.07) is 23.0. The van der Waals surface area contributed by atoms with Crippen LogP contribution in [-0.4, -0.2) is 58.5 Å². The van der Waals surface area contributed by atoms with Gasteiger partial charge in [0.15, 0.2) is 5.96 Å². The van der Waals surface area contributed by atoms with E-state index in [1.807, 2.05) is 36.4 Å². The van der Waals surface area contributed by atoms with Crippen LogP contribution >= 0.6 is 0 Å². The van der Waals surface area contributed by atoms with Crippen LogP contribution in [0.5, 0.6) is 0 Å². The maximum atomic E-state index is 14.0. The summed E-state index contributed by atoms with van der Waals surface area (Å²) in [7, 11) is 0. The summed E-state index contributed by atoms with van der Waals surface area (Å²) in [4.78, 5) is 54.4. The molecule has 5 rings (SSSR count). The number of anilines is 1. The van der Waals surface area contributed by atoms with Crippen LogP contribution in [0.15, 0.2) is 84.9 Å². The Morgan fingerprint density at radius 2 is 1.43 bits per heavy atom. The van der Waals surface area contributed by atoms with Crippen LogP contribution in [-0.2, 0) is 16.1 Å². The average Bonchev–Trinajstić information content (AvgIpc) is 3.20. The summed E-state index contributed by atoms with van der Waals surface area (Å²) >= 11 is 0. The van der Waals surface area contributed by atoms with Crippen LogP contribution in [0, 0.1) is 5.41 Å². The molecule has 11 nitrogen and oxygen atoms in total. The summed E-state index contributed by atoms with van der Waals surface area (Å²) in [6.45, 7) is 0.278. The second kappa shape index (κ2) is 15.7. The first kappa shape index (κ1) is 32.2. The minimum absolute atomic E-state index is 0.0770. The van der Waals surface area contributed by atoms with Gasteiger partial charge in [0.05, 0.1) is 17.7 Å². The van der Waals surface area contributed by atoms with Crippen molar-refractivity contribution < 1.29 is 23.9 Å². The lowest BCUT2D eigenvalue weighted by molar-refractivity contribution is -0.152. The second-order valence-corrected chi connectivity index (χ2v) is 11.5. The van der Waals surface area contributed by atoms with E-state index >= 15 is 0 Å². The number of ether oxygens (including phenoxy) is 1. The quantitative estimate of drug-likeness (QED) is 0.0554. The lowest BCUT2D eigenvalue weighted by Gasteiger charge is -2.32. The Morgan fingerprint density at radius 3 is 2.07 bits per heavy atom. The van der Waals surface area contributed by atoms with Gasteiger partial charge < -0.3 is 20.7 Å². The first-order valence-corrected chi connectivity index (χ1v) is 15.9. The highest BCUT2D eigenvalue weighted by atomic mass is 16.5. The van der Waals surface area contributed by atoms with Crippen molar-refractivity contribution in [1.29, 1.82) is 5.41 Å². The molecule has 1 saturated carbocycles. The Kier molecular flexibility index (Phi) is 11.0. The molecule has 1 atom stereocenters. The van der Waals surface area contributed by atoms with E-state index in [1.54, 1.807) is 48.5 Å². The number of hydrazine groups is 1. The molecule has 1 heterocycles. The number of carbonyl (C=O) groups is 4. The largest absolute Gasteiger partial charge is 0.461 e. The zero-order chi connectivity index (χ0) is 32.3. The number of hydrogen-bond acceptors (Lipinski definition) is 6. The Bertz CT molecular complexity index is 1490. The fraction of sp³-hybridized carbons (Fsp3) is 0.343. The van der Waals surface area contributed by atoms with Gasteiger partial charge >= 0.3 is 12.0 Å². The van der Waals surface area contributed by atoms with Crippen molar-refractivity contribution in [2.75, 3.05) is 11.9 Å². The number of esters is 1. The van der Waals surface area contributed by atoms with Crippen molar-refractivity contribution in [2.45, 2.75) is 70.1 Å². The van der Waals surface area contributed by atoms with Crippen molar-refractivity contribution in [1.82, 2.24) is 20.7 Å². The zero-order valence-corrected chi connectivity index (χ0v) is 25.7. The van der Waals surface area contributed by atoms with Crippen molar-refractivity contribution in [2.24, 2.45) is 0 Å². The van der Waals surface area contributed by atoms with E-state index in [2.05, 4.69) is 16.0 Å². The molecule has 46 heavy (non-hydrogen) atoms. The average molecular weight is 625 g/mol. The number of amides is 4. The highest BCUT2D eigenvalue weighted by Crippen LogP contribution is 2.26. The smallest absolute Gasteiger partial charge is 0.337 e. The van der Waals surface area contributed by atoms with Crippen LogP contribution in [0.4, 0.5) is 10.5 Å². The van der Waals surface area contributed by atoms with Gasteiger partial charge in [0.2, 0.25) is 0 Å². The van der Waals surface area contributed by atoms with Crippen LogP contribution < -0.4 is 16.0 Å². The van der Waals surface area contributed by atoms with E-state index in [0.29, 0.717) is 18.5 Å². The van der Waals surface area contributed by atoms with E-state index < -0.39 is 29.9 Å². The number of nitrogens with one attached hydrogen (secondary N) is 4. The van der Waals surface area contributed by atoms with E-state index in [-0.39, 0.29) is 36.2 Å². The molecule has 4 N–H and O–H groups in total. The fourth-order valence-corrected chi connectivity index (χ4v) is 5.69. The maximum Gasteiger partial charge on any atom is 0.337 e. The van der Waals surface area contributed by atoms with Gasteiger partial charge in [-0.3, -0.25) is 15.0 Å². The number of imide groups is 1. The van der Waals surface area contributed by atoms with Gasteiger partial charge in [-0.05, 0) is 68.4 Å². The second-order valence-electron chi connectivity index (χ2n) is 11.5. The lowest BCUT2D eigenvalue weighted by Crippen LogP contribution is -2.56. The third-order valence-corrected chi connectivity index (χ3v) is 8.11. The Labute approximate surface area is 268 Å². The first-order chi connectivity index (χ1) is 22.4. The van der Waals surface area contributed by atoms with E-state index in [1.165, 1.54) is 0 Å². The molecule has 0 bridgehead atoms. The summed E-state index contributed by atoms with van der Waals surface area (Å²) in [5.74, 6) is -1.68. The van der Waals surface area contributed by atoms with E-state index in [9.17, 15) is 19.2 Å². The molecule has 0 unspecified atom stereocenters. The predicted molar refractivity (Wildman–Crippen MR) is 174 cm³/mol. The minimum Gasteiger partial charge on any atom is -0.461 e. The Balaban J connectivity index is 1.30. The maximum absolute atomic E-state index is 14.0. The molecule has 3 aromatic carbocycles. The molecular weight excluding hydrogens is 584 g/mol. The number of fused-ring (bicyclic) bond motifs is 1. The van der Waals surface area contributed by atoms with Gasteiger partial charge in [-0.2, -0.15) is 5.01 Å². The number of carbonyl (C=O) groups excluding carboxylic acids is 4. The summed E-state index contributed by atoms with van der Waals surface area (Å²) in [5, 5.41) is 18.8. The van der Waals surface area contributed by atoms with Gasteiger partial charge in [0.25, 0.3) is 11.8 Å². The molecule has 3 aromatic rings. The number of rotatable bonds is 11. The van der Waals surface area contributed by atoms with E-state index in [4.69, 9.17) is 10.1 Å². The van der Waals surface area contributed by atoms with Crippen molar-refractivity contribution >= 4 is 35.5 Å². The molecular formula is C35H40N6O5. The Morgan fingerprint density at radius 1 is 0.848 bits per heavy atom. The number of para-hydroxylation sites is 1. The Hall–Kier alpha value is -5.19. The zero-order valence-electron chi connectivity index (χ0n) is 25.7. The summed E-state index contributed by atoms with van der Waals surface area (Å²) < 4.78 is 5.91. The van der Waals surface area contributed by atoms with Crippen LogP contribution in [0.1, 0.15) is 77.6 Å². The van der Waals surface area contributed by atoms with Gasteiger partial charge in [0.1, 0.15) is 12.1 Å². The molecule has 11 heteroatoms. The van der Waals surface area contributed by atoms with Gasteiger partial charge in [-0.1, -0.05) is 73.5 Å². The van der Waals surface area contributed by atoms with Crippen LogP contribution in [0.2, 0.25) is 0 Å². The number of urea groups is 1. The van der Waals surface area contributed by atoms with Gasteiger partial charge in [-0.25, -0.2) is 14.6 Å². The molecule has 1 aliphatic carbocycles. The number of guanidine groups is 1. The third kappa shape index (κ3) is 8.29. The predicted octanol–water partition coefficient (Wildman–Crippen LogP) is 5.46. The number of benzene rings is 3. The lowest BCUT2D eigenvalue weighted by atomic mass is 10.1. The molecule has 1 aliphatic heterocycles. The normalized spacial score (nSPS) is 15.3. The topological polar surface area (TPSA) is 144 Å². The minimum atomic E-state index is -1.04. The summed E-state index contributed by atoms with van der Waals surface area (Å²) in [5.41, 5.74) is 1.88. The van der Waals surface area contributed by atoms with Crippen LogP contribution in [0.3, 0.4) is 0 Å². The molecule has 4 amide bonds. The standard InChI is InChI=1S/C35H40N6O5/c36-34(38-26-16-7-4-8-17-26)37-23-13-22-30(33(44)46-27-18-9-1-2-10-19-27)39-35(45)40(24-25-14-5-3-6-15-25)41-31(42)28-20-11-12-21-29(28)32(41)43/h3-8,11-12,14-17,20-21,27,30H,1-2,9-10,13,18-19,22-24H2,(H,39,45)(H3,36,37,38)/t30-/m1/s1. The first-order valence-electron chi connectivity index (χ1n) is 15.9. The molecule has 1 fully saturated rings. The van der Waals surface area contributed by atoms with Crippen molar-refractivity contribution in [3.63, 3.8) is 0 Å².